The first kappa shape index (κ1) is 20.8. The highest BCUT2D eigenvalue weighted by Crippen LogP contribution is 2.13. The lowest BCUT2D eigenvalue weighted by Crippen LogP contribution is -2.33. The number of Topliss-reactive ketones (excluding diaryl/α,β-unsaturated/α-hetero) is 1. The molecule has 2 aromatic rings. The highest BCUT2D eigenvalue weighted by Gasteiger charge is 2.18. The molecule has 27 heavy (non-hydrogen) atoms. The third-order valence-electron chi connectivity index (χ3n) is 3.84. The van der Waals surface area contributed by atoms with E-state index in [4.69, 9.17) is 0 Å². The van der Waals surface area contributed by atoms with E-state index in [0.717, 1.165) is 5.56 Å². The van der Waals surface area contributed by atoms with Crippen molar-refractivity contribution in [3.8, 4) is 0 Å². The van der Waals surface area contributed by atoms with Crippen LogP contribution in [0.25, 0.3) is 0 Å². The average molecular weight is 388 g/mol. The van der Waals surface area contributed by atoms with Crippen LogP contribution in [0.4, 0.5) is 0 Å². The van der Waals surface area contributed by atoms with Crippen LogP contribution in [0.1, 0.15) is 40.9 Å². The Kier molecular flexibility index (Phi) is 6.87. The van der Waals surface area contributed by atoms with E-state index in [1.54, 1.807) is 62.4 Å². The van der Waals surface area contributed by atoms with Crippen molar-refractivity contribution in [2.24, 2.45) is 0 Å². The van der Waals surface area contributed by atoms with Crippen LogP contribution < -0.4 is 10.0 Å². The number of carbonyl (C=O) groups excluding carboxylic acids is 2. The molecule has 7 heteroatoms. The van der Waals surface area contributed by atoms with Gasteiger partial charge in [0.1, 0.15) is 0 Å². The molecule has 0 aliphatic rings. The Bertz CT molecular complexity index is 919. The van der Waals surface area contributed by atoms with Gasteiger partial charge < -0.3 is 5.32 Å². The summed E-state index contributed by atoms with van der Waals surface area (Å²) in [5.74, 6) is -1.54. The predicted octanol–water partition coefficient (Wildman–Crippen LogP) is 2.32. The summed E-state index contributed by atoms with van der Waals surface area (Å²) >= 11 is 0. The first-order chi connectivity index (χ1) is 12.7. The van der Waals surface area contributed by atoms with Crippen molar-refractivity contribution in [3.63, 3.8) is 0 Å². The minimum Gasteiger partial charge on any atom is -0.345 e. The SMILES string of the molecule is Cc1ccc(C(=O)C(=O)NCc2ccccc2CS(=O)(=O)NC(C)C)cc1. The molecule has 0 aromatic heterocycles. The predicted molar refractivity (Wildman–Crippen MR) is 105 cm³/mol. The standard InChI is InChI=1S/C20H24N2O4S/c1-14(2)22-27(25,26)13-18-7-5-4-6-17(18)12-21-20(24)19(23)16-10-8-15(3)9-11-16/h4-11,14,22H,12-13H2,1-3H3,(H,21,24). The molecule has 0 bridgehead atoms. The summed E-state index contributed by atoms with van der Waals surface area (Å²) in [6.07, 6.45) is 0. The lowest BCUT2D eigenvalue weighted by molar-refractivity contribution is -0.117. The monoisotopic (exact) mass is 388 g/mol. The summed E-state index contributed by atoms with van der Waals surface area (Å²) in [6.45, 7) is 5.47. The van der Waals surface area contributed by atoms with Crippen molar-refractivity contribution in [2.45, 2.75) is 39.1 Å². The van der Waals surface area contributed by atoms with E-state index in [1.807, 2.05) is 6.92 Å². The van der Waals surface area contributed by atoms with E-state index in [1.165, 1.54) is 0 Å². The van der Waals surface area contributed by atoms with Crippen LogP contribution in [-0.4, -0.2) is 26.2 Å². The average Bonchev–Trinajstić information content (AvgIpc) is 2.59. The molecule has 0 heterocycles. The third-order valence-corrected chi connectivity index (χ3v) is 5.36. The number of rotatable bonds is 8. The summed E-state index contributed by atoms with van der Waals surface area (Å²) < 4.78 is 26.9. The summed E-state index contributed by atoms with van der Waals surface area (Å²) in [4.78, 5) is 24.3. The summed E-state index contributed by atoms with van der Waals surface area (Å²) in [5.41, 5.74) is 2.54. The maximum absolute atomic E-state index is 12.2. The molecule has 6 nitrogen and oxygen atoms in total. The van der Waals surface area contributed by atoms with Gasteiger partial charge in [0.2, 0.25) is 15.8 Å². The van der Waals surface area contributed by atoms with E-state index in [2.05, 4.69) is 10.0 Å². The van der Waals surface area contributed by atoms with Crippen molar-refractivity contribution in [1.29, 1.82) is 0 Å². The van der Waals surface area contributed by atoms with Gasteiger partial charge in [0.25, 0.3) is 5.91 Å². The van der Waals surface area contributed by atoms with E-state index in [0.29, 0.717) is 16.7 Å². The summed E-state index contributed by atoms with van der Waals surface area (Å²) in [6, 6.07) is 13.5. The fourth-order valence-electron chi connectivity index (χ4n) is 2.57. The van der Waals surface area contributed by atoms with Crippen LogP contribution in [0, 0.1) is 6.92 Å². The number of nitrogens with one attached hydrogen (secondary N) is 2. The van der Waals surface area contributed by atoms with E-state index in [9.17, 15) is 18.0 Å². The molecule has 144 valence electrons. The van der Waals surface area contributed by atoms with Gasteiger partial charge in [0.15, 0.2) is 0 Å². The highest BCUT2D eigenvalue weighted by atomic mass is 32.2. The van der Waals surface area contributed by atoms with Crippen LogP contribution >= 0.6 is 0 Å². The first-order valence-electron chi connectivity index (χ1n) is 8.64. The molecule has 2 aromatic carbocycles. The van der Waals surface area contributed by atoms with Crippen LogP contribution in [-0.2, 0) is 27.1 Å². The lowest BCUT2D eigenvalue weighted by atomic mass is 10.1. The van der Waals surface area contributed by atoms with Crippen molar-refractivity contribution in [1.82, 2.24) is 10.0 Å². The molecular formula is C20H24N2O4S. The van der Waals surface area contributed by atoms with Gasteiger partial charge in [-0.3, -0.25) is 9.59 Å². The molecule has 0 aliphatic carbocycles. The zero-order chi connectivity index (χ0) is 20.0. The Labute approximate surface area is 160 Å². The highest BCUT2D eigenvalue weighted by molar-refractivity contribution is 7.88. The van der Waals surface area contributed by atoms with Crippen molar-refractivity contribution < 1.29 is 18.0 Å². The third kappa shape index (κ3) is 6.30. The topological polar surface area (TPSA) is 92.3 Å². The maximum Gasteiger partial charge on any atom is 0.292 e. The zero-order valence-electron chi connectivity index (χ0n) is 15.7. The molecular weight excluding hydrogens is 364 g/mol. The molecule has 1 amide bonds. The molecule has 0 radical (unpaired) electrons. The van der Waals surface area contributed by atoms with Gasteiger partial charge in [-0.25, -0.2) is 13.1 Å². The second-order valence-electron chi connectivity index (χ2n) is 6.68. The smallest absolute Gasteiger partial charge is 0.292 e. The van der Waals surface area contributed by atoms with Crippen LogP contribution in [0.2, 0.25) is 0 Å². The maximum atomic E-state index is 12.2. The molecule has 0 saturated heterocycles. The van der Waals surface area contributed by atoms with Gasteiger partial charge in [0, 0.05) is 18.2 Å². The summed E-state index contributed by atoms with van der Waals surface area (Å²) in [5, 5.41) is 2.58. The first-order valence-corrected chi connectivity index (χ1v) is 10.3. The number of amides is 1. The van der Waals surface area contributed by atoms with Crippen LogP contribution in [0.5, 0.6) is 0 Å². The zero-order valence-corrected chi connectivity index (χ0v) is 16.5. The summed E-state index contributed by atoms with van der Waals surface area (Å²) in [7, 11) is -3.49. The Morgan fingerprint density at radius 1 is 0.963 bits per heavy atom. The van der Waals surface area contributed by atoms with Gasteiger partial charge in [-0.05, 0) is 31.9 Å². The van der Waals surface area contributed by atoms with Gasteiger partial charge >= 0.3 is 0 Å². The lowest BCUT2D eigenvalue weighted by Gasteiger charge is -2.13. The molecule has 2 rings (SSSR count). The minimum absolute atomic E-state index is 0.0732. The van der Waals surface area contributed by atoms with Crippen molar-refractivity contribution >= 4 is 21.7 Å². The minimum atomic E-state index is -3.49. The number of benzene rings is 2. The number of aryl methyl sites for hydroxylation is 1. The quantitative estimate of drug-likeness (QED) is 0.536. The number of ketones is 1. The normalized spacial score (nSPS) is 11.4. The van der Waals surface area contributed by atoms with Crippen LogP contribution in [0.3, 0.4) is 0 Å². The van der Waals surface area contributed by atoms with E-state index < -0.39 is 21.7 Å². The number of hydrogen-bond donors (Lipinski definition) is 2. The molecule has 0 fully saturated rings. The Morgan fingerprint density at radius 3 is 2.15 bits per heavy atom. The van der Waals surface area contributed by atoms with Gasteiger partial charge in [-0.2, -0.15) is 0 Å². The Balaban J connectivity index is 2.06. The van der Waals surface area contributed by atoms with E-state index >= 15 is 0 Å². The fourth-order valence-corrected chi connectivity index (χ4v) is 4.06. The van der Waals surface area contributed by atoms with Crippen molar-refractivity contribution in [2.75, 3.05) is 0 Å². The van der Waals surface area contributed by atoms with E-state index in [-0.39, 0.29) is 18.3 Å². The molecule has 0 saturated carbocycles. The van der Waals surface area contributed by atoms with Crippen molar-refractivity contribution in [3.05, 3.63) is 70.8 Å². The van der Waals surface area contributed by atoms with Gasteiger partial charge in [0.05, 0.1) is 5.75 Å². The Morgan fingerprint density at radius 2 is 1.56 bits per heavy atom. The largest absolute Gasteiger partial charge is 0.345 e. The number of carbonyl (C=O) groups is 2. The number of sulfonamides is 1. The molecule has 2 N–H and O–H groups in total. The Hall–Kier alpha value is -2.51. The molecule has 0 atom stereocenters. The second-order valence-corrected chi connectivity index (χ2v) is 8.43. The van der Waals surface area contributed by atoms with Gasteiger partial charge in [-0.1, -0.05) is 54.1 Å². The van der Waals surface area contributed by atoms with Crippen LogP contribution in [0.15, 0.2) is 48.5 Å². The molecule has 0 spiro atoms. The fraction of sp³-hybridized carbons (Fsp3) is 0.300. The molecule has 0 aliphatic heterocycles. The number of hydrogen-bond acceptors (Lipinski definition) is 4. The van der Waals surface area contributed by atoms with Gasteiger partial charge in [-0.15, -0.1) is 0 Å². The second kappa shape index (κ2) is 8.92. The molecule has 0 unspecified atom stereocenters.